The first-order valence-electron chi connectivity index (χ1n) is 17.1. The summed E-state index contributed by atoms with van der Waals surface area (Å²) in [7, 11) is 1.87. The minimum atomic E-state index is -0.954. The van der Waals surface area contributed by atoms with Crippen molar-refractivity contribution in [1.29, 1.82) is 0 Å². The molecule has 0 unspecified atom stereocenters. The molecule has 3 aliphatic heterocycles. The zero-order chi connectivity index (χ0) is 34.1. The van der Waals surface area contributed by atoms with Gasteiger partial charge in [-0.15, -0.1) is 0 Å². The van der Waals surface area contributed by atoms with Crippen LogP contribution in [0.4, 0.5) is 11.5 Å². The molecular weight excluding hydrogens is 638 g/mol. The van der Waals surface area contributed by atoms with Gasteiger partial charge in [0.05, 0.1) is 38.6 Å². The quantitative estimate of drug-likeness (QED) is 0.258. The van der Waals surface area contributed by atoms with Crippen LogP contribution in [0.5, 0.6) is 5.88 Å². The molecule has 4 aliphatic rings. The number of carboxylic acid groups (broad SMARTS) is 1. The molecule has 256 valence electrons. The van der Waals surface area contributed by atoms with Crippen LogP contribution in [0.15, 0.2) is 47.1 Å². The molecule has 5 aromatic rings. The summed E-state index contributed by atoms with van der Waals surface area (Å²) >= 11 is 0. The molecule has 3 saturated heterocycles. The number of aliphatic carboxylic acids is 1. The lowest BCUT2D eigenvalue weighted by Gasteiger charge is -2.53. The molecule has 3 atom stereocenters. The van der Waals surface area contributed by atoms with Crippen LogP contribution in [-0.4, -0.2) is 92.5 Å². The van der Waals surface area contributed by atoms with Crippen molar-refractivity contribution in [3.8, 4) is 17.7 Å². The SMILES string of the molecule is Cc1cnn(C)c1C#Cc1cnc(O[C@H]2C[C@@H](C(=O)O)N(c3nc(C4CC4)nc4c3oc3ccccc34)C2)c(N2CCOC3(COC3)[C@@H]2C)c1. The number of aryl methyl sites for hydroxylation is 2. The Morgan fingerprint density at radius 2 is 1.96 bits per heavy atom. The van der Waals surface area contributed by atoms with Gasteiger partial charge in [-0.25, -0.2) is 19.7 Å². The van der Waals surface area contributed by atoms with E-state index in [0.29, 0.717) is 54.7 Å². The van der Waals surface area contributed by atoms with Gasteiger partial charge >= 0.3 is 5.97 Å². The number of fused-ring (bicyclic) bond motifs is 3. The number of morpholine rings is 1. The zero-order valence-corrected chi connectivity index (χ0v) is 28.1. The maximum atomic E-state index is 12.8. The molecule has 13 nitrogen and oxygen atoms in total. The third kappa shape index (κ3) is 5.13. The number of para-hydroxylation sites is 1. The highest BCUT2D eigenvalue weighted by molar-refractivity contribution is 6.06. The number of hydrogen-bond acceptors (Lipinski definition) is 11. The summed E-state index contributed by atoms with van der Waals surface area (Å²) in [5.74, 6) is 7.46. The van der Waals surface area contributed by atoms with E-state index in [2.05, 4.69) is 28.8 Å². The van der Waals surface area contributed by atoms with Crippen LogP contribution in [0, 0.1) is 18.8 Å². The van der Waals surface area contributed by atoms with Crippen molar-refractivity contribution in [2.45, 2.75) is 62.8 Å². The number of rotatable bonds is 6. The third-order valence-electron chi connectivity index (χ3n) is 10.5. The molecule has 1 saturated carbocycles. The van der Waals surface area contributed by atoms with Gasteiger partial charge in [0, 0.05) is 48.6 Å². The maximum absolute atomic E-state index is 12.8. The number of hydrogen-bond donors (Lipinski definition) is 1. The fraction of sp³-hybridized carbons (Fsp3) is 0.432. The Labute approximate surface area is 288 Å². The van der Waals surface area contributed by atoms with Crippen molar-refractivity contribution >= 4 is 39.5 Å². The summed E-state index contributed by atoms with van der Waals surface area (Å²) in [6.07, 6.45) is 5.27. The second kappa shape index (κ2) is 11.7. The molecule has 7 heterocycles. The average molecular weight is 676 g/mol. The summed E-state index contributed by atoms with van der Waals surface area (Å²) in [4.78, 5) is 31.5. The Bertz CT molecular complexity index is 2190. The first-order chi connectivity index (χ1) is 24.3. The van der Waals surface area contributed by atoms with E-state index in [1.165, 1.54) is 0 Å². The van der Waals surface area contributed by atoms with Crippen LogP contribution in [0.25, 0.3) is 22.1 Å². The topological polar surface area (TPSA) is 141 Å². The Balaban J connectivity index is 1.08. The van der Waals surface area contributed by atoms with Gasteiger partial charge in [-0.2, -0.15) is 5.10 Å². The van der Waals surface area contributed by atoms with Crippen molar-refractivity contribution in [2.24, 2.45) is 7.05 Å². The fourth-order valence-corrected chi connectivity index (χ4v) is 7.39. The van der Waals surface area contributed by atoms with Crippen molar-refractivity contribution in [1.82, 2.24) is 24.7 Å². The van der Waals surface area contributed by atoms with Gasteiger partial charge in [-0.3, -0.25) is 4.68 Å². The van der Waals surface area contributed by atoms with Crippen molar-refractivity contribution in [2.75, 3.05) is 42.7 Å². The van der Waals surface area contributed by atoms with Crippen molar-refractivity contribution in [3.63, 3.8) is 0 Å². The highest BCUT2D eigenvalue weighted by Crippen LogP contribution is 2.44. The van der Waals surface area contributed by atoms with E-state index in [9.17, 15) is 9.90 Å². The maximum Gasteiger partial charge on any atom is 0.326 e. The molecule has 4 fully saturated rings. The van der Waals surface area contributed by atoms with Crippen LogP contribution < -0.4 is 14.5 Å². The lowest BCUT2D eigenvalue weighted by Crippen LogP contribution is -2.68. The minimum Gasteiger partial charge on any atom is -0.480 e. The number of benzene rings is 1. The Hall–Kier alpha value is -5.19. The fourth-order valence-electron chi connectivity index (χ4n) is 7.39. The Morgan fingerprint density at radius 3 is 2.70 bits per heavy atom. The molecule has 0 bridgehead atoms. The highest BCUT2D eigenvalue weighted by Gasteiger charge is 2.50. The summed E-state index contributed by atoms with van der Waals surface area (Å²) < 4.78 is 26.6. The number of aromatic nitrogens is 5. The van der Waals surface area contributed by atoms with Gasteiger partial charge in [0.1, 0.15) is 46.1 Å². The van der Waals surface area contributed by atoms with E-state index in [4.69, 9.17) is 33.6 Å². The number of carbonyl (C=O) groups is 1. The zero-order valence-electron chi connectivity index (χ0n) is 28.1. The van der Waals surface area contributed by atoms with Gasteiger partial charge in [0.25, 0.3) is 0 Å². The van der Waals surface area contributed by atoms with Gasteiger partial charge in [0.15, 0.2) is 11.4 Å². The Kier molecular flexibility index (Phi) is 7.22. The second-order valence-electron chi connectivity index (χ2n) is 13.8. The monoisotopic (exact) mass is 675 g/mol. The smallest absolute Gasteiger partial charge is 0.326 e. The molecule has 0 radical (unpaired) electrons. The standard InChI is InChI=1S/C37H37N7O6/c1-21-16-39-42(3)27(21)11-8-23-14-28(43-12-13-48-37(22(43)2)19-47-20-37)35(38-17-23)49-25-15-29(36(45)46)44(18-25)34-32-31(40-33(41-34)24-9-10-24)26-6-4-5-7-30(26)50-32/h4-7,14,16-17,22,24-25,29H,9-10,12-13,15,18-20H2,1-3H3,(H,45,46)/t22-,25-,29-/m0/s1. The third-order valence-corrected chi connectivity index (χ3v) is 10.5. The number of nitrogens with zero attached hydrogens (tertiary/aromatic N) is 7. The minimum absolute atomic E-state index is 0.0215. The predicted octanol–water partition coefficient (Wildman–Crippen LogP) is 4.20. The molecule has 0 amide bonds. The van der Waals surface area contributed by atoms with Crippen molar-refractivity contribution < 1.29 is 28.5 Å². The predicted molar refractivity (Wildman–Crippen MR) is 184 cm³/mol. The largest absolute Gasteiger partial charge is 0.480 e. The molecule has 1 aliphatic carbocycles. The highest BCUT2D eigenvalue weighted by atomic mass is 16.6. The molecule has 1 N–H and O–H groups in total. The van der Waals surface area contributed by atoms with Crippen LogP contribution in [0.1, 0.15) is 54.7 Å². The molecular formula is C37H37N7O6. The number of pyridine rings is 1. The average Bonchev–Trinajstić information content (AvgIpc) is 3.64. The molecule has 4 aromatic heterocycles. The second-order valence-corrected chi connectivity index (χ2v) is 13.8. The van der Waals surface area contributed by atoms with E-state index >= 15 is 0 Å². The van der Waals surface area contributed by atoms with E-state index in [1.54, 1.807) is 22.0 Å². The number of ether oxygens (including phenoxy) is 3. The molecule has 13 heteroatoms. The van der Waals surface area contributed by atoms with E-state index in [-0.39, 0.29) is 24.9 Å². The summed E-state index contributed by atoms with van der Waals surface area (Å²) in [5.41, 5.74) is 4.80. The van der Waals surface area contributed by atoms with Crippen molar-refractivity contribution in [3.05, 3.63) is 65.4 Å². The first kappa shape index (κ1) is 30.8. The van der Waals surface area contributed by atoms with E-state index in [0.717, 1.165) is 46.6 Å². The normalized spacial score (nSPS) is 22.9. The van der Waals surface area contributed by atoms with Gasteiger partial charge < -0.3 is 33.5 Å². The van der Waals surface area contributed by atoms with Crippen LogP contribution in [-0.2, 0) is 21.3 Å². The first-order valence-corrected chi connectivity index (χ1v) is 17.1. The molecule has 9 rings (SSSR count). The summed E-state index contributed by atoms with van der Waals surface area (Å²) in [6, 6.07) is 8.83. The van der Waals surface area contributed by atoms with Crippen LogP contribution in [0.3, 0.4) is 0 Å². The molecule has 1 spiro atoms. The Morgan fingerprint density at radius 1 is 1.12 bits per heavy atom. The lowest BCUT2D eigenvalue weighted by molar-refractivity contribution is -0.228. The number of carboxylic acids is 1. The van der Waals surface area contributed by atoms with E-state index in [1.807, 2.05) is 44.3 Å². The summed E-state index contributed by atoms with van der Waals surface area (Å²) in [5, 5.41) is 15.7. The molecule has 1 aromatic carbocycles. The van der Waals surface area contributed by atoms with Gasteiger partial charge in [-0.05, 0) is 50.8 Å². The van der Waals surface area contributed by atoms with Crippen LogP contribution >= 0.6 is 0 Å². The number of furan rings is 1. The van der Waals surface area contributed by atoms with E-state index < -0.39 is 23.7 Å². The van der Waals surface area contributed by atoms with Gasteiger partial charge in [-0.1, -0.05) is 18.1 Å². The lowest BCUT2D eigenvalue weighted by atomic mass is 9.90. The number of anilines is 2. The summed E-state index contributed by atoms with van der Waals surface area (Å²) in [6.45, 7) is 6.58. The van der Waals surface area contributed by atoms with Crippen LogP contribution in [0.2, 0.25) is 0 Å². The molecule has 50 heavy (non-hydrogen) atoms. The van der Waals surface area contributed by atoms with Gasteiger partial charge in [0.2, 0.25) is 5.88 Å².